The molecule has 0 radical (unpaired) electrons. The monoisotopic (exact) mass is 230 g/mol. The van der Waals surface area contributed by atoms with E-state index in [9.17, 15) is 9.90 Å². The number of carbonyl (C=O) groups is 1. The molecule has 3 nitrogen and oxygen atoms in total. The third kappa shape index (κ3) is 5.77. The Morgan fingerprint density at radius 3 is 2.40 bits per heavy atom. The van der Waals surface area contributed by atoms with Gasteiger partial charge in [0, 0.05) is 5.92 Å². The van der Waals surface area contributed by atoms with Gasteiger partial charge in [0.05, 0.1) is 8.81 Å². The summed E-state index contributed by atoms with van der Waals surface area (Å²) in [7, 11) is 0.0914. The number of hydrogen-bond acceptors (Lipinski definition) is 3. The molecule has 0 aromatic rings. The van der Waals surface area contributed by atoms with Crippen molar-refractivity contribution in [2.24, 2.45) is 11.3 Å². The molecule has 86 valence electrons. The van der Waals surface area contributed by atoms with Gasteiger partial charge in [0.1, 0.15) is 6.10 Å². The lowest BCUT2D eigenvalue weighted by Crippen LogP contribution is -2.28. The molecule has 0 saturated heterocycles. The van der Waals surface area contributed by atoms with E-state index in [1.807, 2.05) is 27.7 Å². The van der Waals surface area contributed by atoms with Gasteiger partial charge in [-0.3, -0.25) is 0 Å². The molecule has 0 fully saturated rings. The maximum absolute atomic E-state index is 10.9. The van der Waals surface area contributed by atoms with Crippen LogP contribution in [0, 0.1) is 23.2 Å². The highest BCUT2D eigenvalue weighted by molar-refractivity contribution is 7.31. The van der Waals surface area contributed by atoms with E-state index in [1.54, 1.807) is 6.66 Å². The van der Waals surface area contributed by atoms with Gasteiger partial charge in [-0.2, -0.15) is 0 Å². The molecule has 1 N–H and O–H groups in total. The Morgan fingerprint density at radius 1 is 1.47 bits per heavy atom. The molecule has 0 bridgehead atoms. The topological polar surface area (TPSA) is 46.5 Å². The number of hydrogen-bond donors (Lipinski definition) is 1. The molecular formula is C11H19O3P. The minimum Gasteiger partial charge on any atom is -0.439 e. The van der Waals surface area contributed by atoms with Gasteiger partial charge in [0.2, 0.25) is 0 Å². The Hall–Kier alpha value is -0.580. The van der Waals surface area contributed by atoms with E-state index in [-0.39, 0.29) is 20.1 Å². The lowest BCUT2D eigenvalue weighted by Gasteiger charge is -2.28. The van der Waals surface area contributed by atoms with Gasteiger partial charge in [-0.25, -0.2) is 4.79 Å². The van der Waals surface area contributed by atoms with Crippen LogP contribution in [0.4, 0.5) is 0 Å². The summed E-state index contributed by atoms with van der Waals surface area (Å²) >= 11 is 0. The van der Waals surface area contributed by atoms with Crippen LogP contribution in [0.1, 0.15) is 27.7 Å². The predicted octanol–water partition coefficient (Wildman–Crippen LogP) is 1.80. The molecule has 0 heterocycles. The standard InChI is InChI=1S/C11H19O3P/c1-8(11(2,3)4)9(12)6-7-10(13)14-15-5/h8-9,12,15H,1-5H3. The average Bonchev–Trinajstić information content (AvgIpc) is 2.12. The van der Waals surface area contributed by atoms with Crippen LogP contribution >= 0.6 is 8.81 Å². The Morgan fingerprint density at radius 2 is 2.00 bits per heavy atom. The first-order valence-corrected chi connectivity index (χ1v) is 6.27. The molecule has 0 aliphatic rings. The van der Waals surface area contributed by atoms with Crippen LogP contribution in [0.5, 0.6) is 0 Å². The first-order chi connectivity index (χ1) is 6.79. The summed E-state index contributed by atoms with van der Waals surface area (Å²) in [5.74, 6) is 4.22. The highest BCUT2D eigenvalue weighted by Crippen LogP contribution is 2.27. The van der Waals surface area contributed by atoms with Gasteiger partial charge in [-0.1, -0.05) is 33.6 Å². The lowest BCUT2D eigenvalue weighted by molar-refractivity contribution is -0.127. The lowest BCUT2D eigenvalue weighted by atomic mass is 9.79. The number of aliphatic hydroxyl groups excluding tert-OH is 1. The van der Waals surface area contributed by atoms with Gasteiger partial charge in [-0.05, 0) is 18.0 Å². The van der Waals surface area contributed by atoms with Gasteiger partial charge in [-0.15, -0.1) is 0 Å². The molecule has 0 aromatic carbocycles. The predicted molar refractivity (Wildman–Crippen MR) is 62.7 cm³/mol. The highest BCUT2D eigenvalue weighted by Gasteiger charge is 2.25. The van der Waals surface area contributed by atoms with Crippen LogP contribution in [-0.4, -0.2) is 23.8 Å². The second kappa shape index (κ2) is 6.10. The first kappa shape index (κ1) is 14.4. The molecule has 0 saturated carbocycles. The van der Waals surface area contributed by atoms with Crippen LogP contribution in [0.25, 0.3) is 0 Å². The van der Waals surface area contributed by atoms with Crippen LogP contribution in [-0.2, 0) is 9.32 Å². The SMILES string of the molecule is CPOC(=O)C#CC(O)C(C)C(C)(C)C. The zero-order chi connectivity index (χ0) is 12.1. The molecule has 3 unspecified atom stereocenters. The van der Waals surface area contributed by atoms with E-state index in [4.69, 9.17) is 0 Å². The molecule has 0 aromatic heterocycles. The van der Waals surface area contributed by atoms with Crippen molar-refractivity contribution in [3.8, 4) is 11.8 Å². The van der Waals surface area contributed by atoms with E-state index in [0.717, 1.165) is 0 Å². The molecule has 0 rings (SSSR count). The summed E-state index contributed by atoms with van der Waals surface area (Å²) < 4.78 is 4.66. The Labute approximate surface area is 93.5 Å². The van der Waals surface area contributed by atoms with Crippen LogP contribution < -0.4 is 0 Å². The second-order valence-electron chi connectivity index (χ2n) is 4.46. The van der Waals surface area contributed by atoms with Crippen LogP contribution in [0.3, 0.4) is 0 Å². The van der Waals surface area contributed by atoms with Gasteiger partial charge < -0.3 is 9.63 Å². The quantitative estimate of drug-likeness (QED) is 0.581. The van der Waals surface area contributed by atoms with Crippen molar-refractivity contribution < 1.29 is 14.4 Å². The summed E-state index contributed by atoms with van der Waals surface area (Å²) in [6, 6.07) is 0. The van der Waals surface area contributed by atoms with Gasteiger partial charge in [0.15, 0.2) is 0 Å². The molecule has 0 aliphatic carbocycles. The molecule has 15 heavy (non-hydrogen) atoms. The fourth-order valence-corrected chi connectivity index (χ4v) is 1.09. The molecule has 0 spiro atoms. The van der Waals surface area contributed by atoms with Crippen molar-refractivity contribution in [2.75, 3.05) is 6.66 Å². The minimum absolute atomic E-state index is 0.00174. The maximum Gasteiger partial charge on any atom is 0.386 e. The van der Waals surface area contributed by atoms with Crippen LogP contribution in [0.15, 0.2) is 0 Å². The first-order valence-electron chi connectivity index (χ1n) is 4.86. The Kier molecular flexibility index (Phi) is 5.87. The maximum atomic E-state index is 10.9. The number of rotatable bonds is 2. The second-order valence-corrected chi connectivity index (χ2v) is 5.07. The largest absolute Gasteiger partial charge is 0.439 e. The zero-order valence-corrected chi connectivity index (χ0v) is 10.9. The highest BCUT2D eigenvalue weighted by atomic mass is 31.1. The minimum atomic E-state index is -0.794. The summed E-state index contributed by atoms with van der Waals surface area (Å²) in [5, 5.41) is 9.69. The fraction of sp³-hybridized carbons (Fsp3) is 0.727. The molecule has 4 heteroatoms. The molecular weight excluding hydrogens is 211 g/mol. The van der Waals surface area contributed by atoms with Crippen molar-refractivity contribution in [1.82, 2.24) is 0 Å². The zero-order valence-electron chi connectivity index (χ0n) is 9.92. The van der Waals surface area contributed by atoms with Crippen molar-refractivity contribution in [3.05, 3.63) is 0 Å². The Balaban J connectivity index is 4.35. The number of carbonyl (C=O) groups excluding carboxylic acids is 1. The summed E-state index contributed by atoms with van der Waals surface area (Å²) in [6.07, 6.45) is -0.794. The summed E-state index contributed by atoms with van der Waals surface area (Å²) in [6.45, 7) is 9.72. The normalized spacial score (nSPS) is 15.6. The van der Waals surface area contributed by atoms with E-state index in [0.29, 0.717) is 0 Å². The third-order valence-electron chi connectivity index (χ3n) is 2.36. The average molecular weight is 230 g/mol. The van der Waals surface area contributed by atoms with E-state index in [1.165, 1.54) is 0 Å². The summed E-state index contributed by atoms with van der Waals surface area (Å²) in [4.78, 5) is 10.9. The smallest absolute Gasteiger partial charge is 0.386 e. The van der Waals surface area contributed by atoms with Gasteiger partial charge in [0.25, 0.3) is 0 Å². The van der Waals surface area contributed by atoms with Crippen molar-refractivity contribution >= 4 is 14.8 Å². The third-order valence-corrected chi connectivity index (χ3v) is 2.75. The fourth-order valence-electron chi connectivity index (χ4n) is 0.850. The summed E-state index contributed by atoms with van der Waals surface area (Å²) in [5.41, 5.74) is -0.0372. The Bertz CT molecular complexity index is 270. The van der Waals surface area contributed by atoms with Crippen molar-refractivity contribution in [3.63, 3.8) is 0 Å². The van der Waals surface area contributed by atoms with E-state index in [2.05, 4.69) is 16.4 Å². The number of aliphatic hydroxyl groups is 1. The molecule has 0 aliphatic heterocycles. The van der Waals surface area contributed by atoms with E-state index < -0.39 is 12.1 Å². The molecule has 3 atom stereocenters. The van der Waals surface area contributed by atoms with Crippen molar-refractivity contribution in [2.45, 2.75) is 33.8 Å². The molecule has 0 amide bonds. The van der Waals surface area contributed by atoms with E-state index >= 15 is 0 Å². The van der Waals surface area contributed by atoms with Gasteiger partial charge >= 0.3 is 5.97 Å². The van der Waals surface area contributed by atoms with Crippen LogP contribution in [0.2, 0.25) is 0 Å². The van der Waals surface area contributed by atoms with Crippen molar-refractivity contribution in [1.29, 1.82) is 0 Å².